The van der Waals surface area contributed by atoms with Crippen LogP contribution in [-0.2, 0) is 6.42 Å². The number of nitrogens with zero attached hydrogens (tertiary/aromatic N) is 1. The number of nitro groups is 1. The van der Waals surface area contributed by atoms with Crippen molar-refractivity contribution in [2.45, 2.75) is 44.8 Å². The highest BCUT2D eigenvalue weighted by atomic mass is 16.6. The molecule has 2 aromatic rings. The average Bonchev–Trinajstić information content (AvgIpc) is 2.65. The smallest absolute Gasteiger partial charge is 0.269 e. The number of hydrogen-bond acceptors (Lipinski definition) is 5. The fourth-order valence-corrected chi connectivity index (χ4v) is 2.75. The zero-order valence-electron chi connectivity index (χ0n) is 15.2. The van der Waals surface area contributed by atoms with Crippen molar-refractivity contribution in [2.75, 3.05) is 6.54 Å². The van der Waals surface area contributed by atoms with Gasteiger partial charge in [-0.3, -0.25) is 10.1 Å². The normalized spacial score (nSPS) is 14.6. The van der Waals surface area contributed by atoms with Crippen molar-refractivity contribution in [1.82, 2.24) is 5.32 Å². The molecule has 6 heteroatoms. The van der Waals surface area contributed by atoms with Gasteiger partial charge >= 0.3 is 0 Å². The summed E-state index contributed by atoms with van der Waals surface area (Å²) < 4.78 is 0. The molecule has 2 aromatic carbocycles. The average molecular weight is 358 g/mol. The van der Waals surface area contributed by atoms with E-state index in [0.29, 0.717) is 6.54 Å². The summed E-state index contributed by atoms with van der Waals surface area (Å²) in [5.74, 6) is 0.176. The van der Waals surface area contributed by atoms with Crippen molar-refractivity contribution < 1.29 is 15.1 Å². The maximum absolute atomic E-state index is 10.7. The van der Waals surface area contributed by atoms with E-state index in [1.807, 2.05) is 0 Å². The van der Waals surface area contributed by atoms with Crippen molar-refractivity contribution in [3.8, 4) is 5.75 Å². The molecule has 0 heterocycles. The molecule has 6 nitrogen and oxygen atoms in total. The van der Waals surface area contributed by atoms with Gasteiger partial charge in [0.25, 0.3) is 5.69 Å². The summed E-state index contributed by atoms with van der Waals surface area (Å²) in [6.07, 6.45) is 1.89. The Morgan fingerprint density at radius 3 is 2.31 bits per heavy atom. The summed E-state index contributed by atoms with van der Waals surface area (Å²) in [7, 11) is 0. The number of nitrogens with one attached hydrogen (secondary N) is 1. The summed E-state index contributed by atoms with van der Waals surface area (Å²) in [5, 5.41) is 33.8. The van der Waals surface area contributed by atoms with Gasteiger partial charge in [0, 0.05) is 24.2 Å². The van der Waals surface area contributed by atoms with Crippen LogP contribution in [0.4, 0.5) is 5.69 Å². The number of non-ortho nitro benzene ring substituents is 1. The van der Waals surface area contributed by atoms with Gasteiger partial charge in [-0.15, -0.1) is 0 Å². The molecule has 0 fully saturated rings. The number of benzene rings is 2. The Bertz CT molecular complexity index is 716. The van der Waals surface area contributed by atoms with Crippen LogP contribution >= 0.6 is 0 Å². The van der Waals surface area contributed by atoms with E-state index in [1.54, 1.807) is 36.4 Å². The molecule has 0 saturated heterocycles. The number of hydrogen-bond donors (Lipinski definition) is 3. The fourth-order valence-electron chi connectivity index (χ4n) is 2.75. The predicted molar refractivity (Wildman–Crippen MR) is 101 cm³/mol. The monoisotopic (exact) mass is 358 g/mol. The Morgan fingerprint density at radius 1 is 1.15 bits per heavy atom. The quantitative estimate of drug-likeness (QED) is 0.469. The van der Waals surface area contributed by atoms with Gasteiger partial charge in [-0.05, 0) is 49.4 Å². The Morgan fingerprint density at radius 2 is 1.77 bits per heavy atom. The van der Waals surface area contributed by atoms with Gasteiger partial charge in [-0.2, -0.15) is 0 Å². The summed E-state index contributed by atoms with van der Waals surface area (Å²) in [5.41, 5.74) is 1.75. The third-order valence-electron chi connectivity index (χ3n) is 4.89. The standard InChI is InChI=1S/C20H26N2O4/c1-3-20(2,13-12-15-4-8-17(9-5-15)22(25)26)21-14-19(24)16-6-10-18(23)11-7-16/h4-11,19,21,23-24H,3,12-14H2,1-2H3/t19-,20?/m0/s1. The molecule has 26 heavy (non-hydrogen) atoms. The maximum Gasteiger partial charge on any atom is 0.269 e. The summed E-state index contributed by atoms with van der Waals surface area (Å²) in [6, 6.07) is 13.2. The Labute approximate surface area is 153 Å². The number of rotatable bonds is 9. The second-order valence-electron chi connectivity index (χ2n) is 6.83. The van der Waals surface area contributed by atoms with Crippen LogP contribution in [0.15, 0.2) is 48.5 Å². The third-order valence-corrected chi connectivity index (χ3v) is 4.89. The Balaban J connectivity index is 1.90. The van der Waals surface area contributed by atoms with E-state index in [2.05, 4.69) is 19.2 Å². The maximum atomic E-state index is 10.7. The van der Waals surface area contributed by atoms with E-state index in [9.17, 15) is 20.3 Å². The van der Waals surface area contributed by atoms with Crippen molar-refractivity contribution in [2.24, 2.45) is 0 Å². The number of nitro benzene ring substituents is 1. The lowest BCUT2D eigenvalue weighted by Crippen LogP contribution is -2.44. The lowest BCUT2D eigenvalue weighted by molar-refractivity contribution is -0.384. The zero-order valence-corrected chi connectivity index (χ0v) is 15.2. The van der Waals surface area contributed by atoms with Crippen molar-refractivity contribution in [3.63, 3.8) is 0 Å². The molecule has 0 aliphatic carbocycles. The summed E-state index contributed by atoms with van der Waals surface area (Å²) in [4.78, 5) is 10.3. The highest BCUT2D eigenvalue weighted by Gasteiger charge is 2.22. The van der Waals surface area contributed by atoms with Gasteiger partial charge in [-0.25, -0.2) is 0 Å². The van der Waals surface area contributed by atoms with Crippen LogP contribution in [0.3, 0.4) is 0 Å². The van der Waals surface area contributed by atoms with Gasteiger partial charge in [0.05, 0.1) is 11.0 Å². The van der Waals surface area contributed by atoms with Crippen molar-refractivity contribution in [3.05, 3.63) is 69.8 Å². The largest absolute Gasteiger partial charge is 0.508 e. The molecule has 2 rings (SSSR count). The fraction of sp³-hybridized carbons (Fsp3) is 0.400. The van der Waals surface area contributed by atoms with E-state index in [1.165, 1.54) is 12.1 Å². The second-order valence-corrected chi connectivity index (χ2v) is 6.83. The molecule has 140 valence electrons. The minimum Gasteiger partial charge on any atom is -0.508 e. The SMILES string of the molecule is CCC(C)(CCc1ccc([N+](=O)[O-])cc1)NC[C@H](O)c1ccc(O)cc1. The van der Waals surface area contributed by atoms with Gasteiger partial charge < -0.3 is 15.5 Å². The van der Waals surface area contributed by atoms with Crippen LogP contribution in [0.1, 0.15) is 43.9 Å². The first-order valence-electron chi connectivity index (χ1n) is 8.78. The lowest BCUT2D eigenvalue weighted by atomic mass is 9.90. The molecule has 0 aliphatic heterocycles. The van der Waals surface area contributed by atoms with E-state index in [-0.39, 0.29) is 17.0 Å². The van der Waals surface area contributed by atoms with Gasteiger partial charge in [0.2, 0.25) is 0 Å². The first-order valence-corrected chi connectivity index (χ1v) is 8.78. The molecule has 0 aromatic heterocycles. The van der Waals surface area contributed by atoms with Crippen LogP contribution in [-0.4, -0.2) is 27.2 Å². The number of β-amino-alcohol motifs (C(OH)–C–C–N with tert-alkyl or cyclic N) is 1. The molecule has 0 spiro atoms. The minimum atomic E-state index is -0.652. The highest BCUT2D eigenvalue weighted by molar-refractivity contribution is 5.33. The Hall–Kier alpha value is -2.44. The van der Waals surface area contributed by atoms with Crippen LogP contribution < -0.4 is 5.32 Å². The first-order chi connectivity index (χ1) is 12.3. The number of phenols is 1. The molecule has 1 unspecified atom stereocenters. The number of aryl methyl sites for hydroxylation is 1. The van der Waals surface area contributed by atoms with E-state index < -0.39 is 11.0 Å². The molecule has 0 amide bonds. The second kappa shape index (κ2) is 8.78. The molecule has 2 atom stereocenters. The van der Waals surface area contributed by atoms with Crippen molar-refractivity contribution >= 4 is 5.69 Å². The highest BCUT2D eigenvalue weighted by Crippen LogP contribution is 2.22. The van der Waals surface area contributed by atoms with Gasteiger partial charge in [0.1, 0.15) is 5.75 Å². The topological polar surface area (TPSA) is 95.6 Å². The summed E-state index contributed by atoms with van der Waals surface area (Å²) >= 11 is 0. The van der Waals surface area contributed by atoms with Gasteiger partial charge in [0.15, 0.2) is 0 Å². The van der Waals surface area contributed by atoms with E-state index >= 15 is 0 Å². The first kappa shape index (κ1) is 19.9. The van der Waals surface area contributed by atoms with Crippen LogP contribution in [0, 0.1) is 10.1 Å². The van der Waals surface area contributed by atoms with Crippen LogP contribution in [0.5, 0.6) is 5.75 Å². The summed E-state index contributed by atoms with van der Waals surface area (Å²) in [6.45, 7) is 4.62. The molecule has 0 saturated carbocycles. The lowest BCUT2D eigenvalue weighted by Gasteiger charge is -2.31. The molecule has 0 radical (unpaired) electrons. The molecule has 3 N–H and O–H groups in total. The molecule has 0 aliphatic rings. The van der Waals surface area contributed by atoms with Crippen LogP contribution in [0.2, 0.25) is 0 Å². The number of aliphatic hydroxyl groups excluding tert-OH is 1. The number of aromatic hydroxyl groups is 1. The number of phenolic OH excluding ortho intramolecular Hbond substituents is 1. The van der Waals surface area contributed by atoms with Crippen LogP contribution in [0.25, 0.3) is 0 Å². The van der Waals surface area contributed by atoms with E-state index in [4.69, 9.17) is 0 Å². The minimum absolute atomic E-state index is 0.0992. The molecule has 0 bridgehead atoms. The Kier molecular flexibility index (Phi) is 6.71. The molecular weight excluding hydrogens is 332 g/mol. The van der Waals surface area contributed by atoms with E-state index in [0.717, 1.165) is 30.4 Å². The van der Waals surface area contributed by atoms with Gasteiger partial charge in [-0.1, -0.05) is 31.2 Å². The molecular formula is C20H26N2O4. The zero-order chi connectivity index (χ0) is 19.2. The van der Waals surface area contributed by atoms with Crippen molar-refractivity contribution in [1.29, 1.82) is 0 Å². The third kappa shape index (κ3) is 5.54. The predicted octanol–water partition coefficient (Wildman–Crippen LogP) is 3.72. The number of aliphatic hydroxyl groups is 1.